The zero-order valence-corrected chi connectivity index (χ0v) is 16.0. The van der Waals surface area contributed by atoms with Crippen molar-refractivity contribution in [2.75, 3.05) is 13.7 Å². The molecule has 0 atom stereocenters. The number of ether oxygens (including phenoxy) is 1. The topological polar surface area (TPSA) is 117 Å². The van der Waals surface area contributed by atoms with Crippen LogP contribution in [0, 0.1) is 0 Å². The van der Waals surface area contributed by atoms with Gasteiger partial charge in [0.15, 0.2) is 11.8 Å². The van der Waals surface area contributed by atoms with Crippen LogP contribution in [0.3, 0.4) is 0 Å². The summed E-state index contributed by atoms with van der Waals surface area (Å²) < 4.78 is 5.15. The number of hydrogen-bond acceptors (Lipinski definition) is 6. The SMILES string of the molecule is CN1C(=O)/C(=C/c2cccc(OCC(=O)O)c2)SC1=Nc1ccc(C(=O)O)cc1. The number of amides is 1. The number of aliphatic imine (C=N–C) groups is 1. The van der Waals surface area contributed by atoms with Gasteiger partial charge in [0.1, 0.15) is 5.75 Å². The molecule has 8 nitrogen and oxygen atoms in total. The minimum Gasteiger partial charge on any atom is -0.482 e. The van der Waals surface area contributed by atoms with Gasteiger partial charge in [0.05, 0.1) is 16.2 Å². The Morgan fingerprint density at radius 3 is 2.55 bits per heavy atom. The second-order valence-corrected chi connectivity index (χ2v) is 6.99. The zero-order valence-electron chi connectivity index (χ0n) is 15.2. The Morgan fingerprint density at radius 1 is 1.17 bits per heavy atom. The third kappa shape index (κ3) is 5.02. The van der Waals surface area contributed by atoms with E-state index in [0.717, 1.165) is 0 Å². The van der Waals surface area contributed by atoms with Gasteiger partial charge in [-0.3, -0.25) is 9.69 Å². The summed E-state index contributed by atoms with van der Waals surface area (Å²) in [4.78, 5) is 40.3. The molecule has 1 fully saturated rings. The summed E-state index contributed by atoms with van der Waals surface area (Å²) in [6, 6.07) is 12.8. The van der Waals surface area contributed by atoms with E-state index in [1.54, 1.807) is 49.5 Å². The first kappa shape index (κ1) is 20.2. The summed E-state index contributed by atoms with van der Waals surface area (Å²) in [5.41, 5.74) is 1.37. The lowest BCUT2D eigenvalue weighted by molar-refractivity contribution is -0.139. The van der Waals surface area contributed by atoms with E-state index >= 15 is 0 Å². The maximum Gasteiger partial charge on any atom is 0.341 e. The molecule has 1 aliphatic rings. The smallest absolute Gasteiger partial charge is 0.341 e. The highest BCUT2D eigenvalue weighted by Crippen LogP contribution is 2.33. The molecule has 148 valence electrons. The molecule has 0 radical (unpaired) electrons. The van der Waals surface area contributed by atoms with E-state index in [2.05, 4.69) is 4.99 Å². The second-order valence-electron chi connectivity index (χ2n) is 5.98. The monoisotopic (exact) mass is 412 g/mol. The third-order valence-electron chi connectivity index (χ3n) is 3.86. The fourth-order valence-corrected chi connectivity index (χ4v) is 3.42. The van der Waals surface area contributed by atoms with Crippen molar-refractivity contribution in [3.05, 3.63) is 64.6 Å². The molecule has 2 aromatic rings. The standard InChI is InChI=1S/C20H16N2O6S/c1-22-18(25)16(10-12-3-2-4-15(9-12)28-11-17(23)24)29-20(22)21-14-7-5-13(6-8-14)19(26)27/h2-10H,11H2,1H3,(H,23,24)(H,26,27)/b16-10-,21-20?. The molecule has 3 rings (SSSR count). The summed E-state index contributed by atoms with van der Waals surface area (Å²) in [6.45, 7) is -0.450. The number of carboxylic acids is 2. The van der Waals surface area contributed by atoms with Crippen molar-refractivity contribution in [2.24, 2.45) is 4.99 Å². The maximum atomic E-state index is 12.5. The molecule has 29 heavy (non-hydrogen) atoms. The number of aromatic carboxylic acids is 1. The number of nitrogens with zero attached hydrogens (tertiary/aromatic N) is 2. The number of carboxylic acid groups (broad SMARTS) is 2. The van der Waals surface area contributed by atoms with Crippen LogP contribution in [0.1, 0.15) is 15.9 Å². The molecule has 9 heteroatoms. The summed E-state index contributed by atoms with van der Waals surface area (Å²) in [6.07, 6.45) is 1.67. The summed E-state index contributed by atoms with van der Waals surface area (Å²) >= 11 is 1.19. The van der Waals surface area contributed by atoms with Crippen LogP contribution < -0.4 is 4.74 Å². The Hall–Kier alpha value is -3.59. The minimum atomic E-state index is -1.07. The molecule has 0 spiro atoms. The lowest BCUT2D eigenvalue weighted by Gasteiger charge is -2.07. The van der Waals surface area contributed by atoms with Gasteiger partial charge in [0.2, 0.25) is 0 Å². The van der Waals surface area contributed by atoms with Gasteiger partial charge in [-0.15, -0.1) is 0 Å². The van der Waals surface area contributed by atoms with E-state index < -0.39 is 18.5 Å². The van der Waals surface area contributed by atoms with E-state index in [9.17, 15) is 14.4 Å². The average Bonchev–Trinajstić information content (AvgIpc) is 2.95. The highest BCUT2D eigenvalue weighted by Gasteiger charge is 2.30. The third-order valence-corrected chi connectivity index (χ3v) is 4.92. The molecule has 1 aliphatic heterocycles. The number of benzene rings is 2. The first-order chi connectivity index (χ1) is 13.8. The Balaban J connectivity index is 1.80. The highest BCUT2D eigenvalue weighted by atomic mass is 32.2. The average molecular weight is 412 g/mol. The molecule has 0 aliphatic carbocycles. The molecule has 0 aromatic heterocycles. The molecule has 0 bridgehead atoms. The number of rotatable bonds is 6. The van der Waals surface area contributed by atoms with Crippen LogP contribution in [0.4, 0.5) is 5.69 Å². The van der Waals surface area contributed by atoms with Crippen LogP contribution in [0.25, 0.3) is 6.08 Å². The molecule has 2 aromatic carbocycles. The van der Waals surface area contributed by atoms with Crippen LogP contribution in [-0.4, -0.2) is 51.8 Å². The fourth-order valence-electron chi connectivity index (χ4n) is 2.43. The molecule has 1 amide bonds. The van der Waals surface area contributed by atoms with E-state index in [4.69, 9.17) is 14.9 Å². The van der Waals surface area contributed by atoms with Crippen LogP contribution in [0.5, 0.6) is 5.75 Å². The van der Waals surface area contributed by atoms with Gasteiger partial charge in [-0.25, -0.2) is 14.6 Å². The first-order valence-corrected chi connectivity index (χ1v) is 9.19. The molecule has 1 saturated heterocycles. The molecular formula is C20H16N2O6S. The van der Waals surface area contributed by atoms with Crippen LogP contribution in [-0.2, 0) is 9.59 Å². The summed E-state index contributed by atoms with van der Waals surface area (Å²) in [5, 5.41) is 18.1. The van der Waals surface area contributed by atoms with Crippen molar-refractivity contribution in [3.63, 3.8) is 0 Å². The molecule has 0 saturated carbocycles. The molecule has 0 unspecified atom stereocenters. The summed E-state index contributed by atoms with van der Waals surface area (Å²) in [5.74, 6) is -1.94. The fraction of sp³-hybridized carbons (Fsp3) is 0.100. The summed E-state index contributed by atoms with van der Waals surface area (Å²) in [7, 11) is 1.60. The lowest BCUT2D eigenvalue weighted by atomic mass is 10.2. The number of carbonyl (C=O) groups excluding carboxylic acids is 1. The van der Waals surface area contributed by atoms with Gasteiger partial charge in [-0.2, -0.15) is 0 Å². The second kappa shape index (κ2) is 8.61. The number of hydrogen-bond donors (Lipinski definition) is 2. The number of aliphatic carboxylic acids is 1. The van der Waals surface area contributed by atoms with Gasteiger partial charge in [0, 0.05) is 7.05 Å². The Kier molecular flexibility index (Phi) is 5.99. The number of carbonyl (C=O) groups is 3. The van der Waals surface area contributed by atoms with Gasteiger partial charge in [0.25, 0.3) is 5.91 Å². The number of thioether (sulfide) groups is 1. The first-order valence-electron chi connectivity index (χ1n) is 8.38. The van der Waals surface area contributed by atoms with Crippen molar-refractivity contribution in [3.8, 4) is 5.75 Å². The van der Waals surface area contributed by atoms with Crippen molar-refractivity contribution in [2.45, 2.75) is 0 Å². The van der Waals surface area contributed by atoms with E-state index in [1.165, 1.54) is 28.8 Å². The van der Waals surface area contributed by atoms with Crippen molar-refractivity contribution in [1.82, 2.24) is 4.90 Å². The largest absolute Gasteiger partial charge is 0.482 e. The van der Waals surface area contributed by atoms with Crippen LogP contribution >= 0.6 is 11.8 Å². The Morgan fingerprint density at radius 2 is 1.90 bits per heavy atom. The van der Waals surface area contributed by atoms with Crippen molar-refractivity contribution in [1.29, 1.82) is 0 Å². The number of amidine groups is 1. The Labute approximate surface area is 170 Å². The Bertz CT molecular complexity index is 1030. The molecule has 2 N–H and O–H groups in total. The van der Waals surface area contributed by atoms with E-state index in [1.807, 2.05) is 0 Å². The molecular weight excluding hydrogens is 396 g/mol. The van der Waals surface area contributed by atoms with Gasteiger partial charge < -0.3 is 14.9 Å². The van der Waals surface area contributed by atoms with Gasteiger partial charge in [-0.05, 0) is 59.8 Å². The maximum absolute atomic E-state index is 12.5. The lowest BCUT2D eigenvalue weighted by Crippen LogP contribution is -2.23. The minimum absolute atomic E-state index is 0.156. The van der Waals surface area contributed by atoms with Gasteiger partial charge >= 0.3 is 11.9 Å². The highest BCUT2D eigenvalue weighted by molar-refractivity contribution is 8.18. The normalized spacial score (nSPS) is 16.4. The van der Waals surface area contributed by atoms with E-state index in [-0.39, 0.29) is 11.5 Å². The quantitative estimate of drug-likeness (QED) is 0.700. The van der Waals surface area contributed by atoms with Gasteiger partial charge in [-0.1, -0.05) is 12.1 Å². The van der Waals surface area contributed by atoms with Crippen molar-refractivity contribution < 1.29 is 29.3 Å². The number of likely N-dealkylation sites (N-methyl/N-ethyl adjacent to an activating group) is 1. The van der Waals surface area contributed by atoms with Crippen LogP contribution in [0.15, 0.2) is 58.4 Å². The van der Waals surface area contributed by atoms with Crippen LogP contribution in [0.2, 0.25) is 0 Å². The van der Waals surface area contributed by atoms with E-state index in [0.29, 0.717) is 27.1 Å². The predicted molar refractivity (Wildman–Crippen MR) is 108 cm³/mol. The zero-order chi connectivity index (χ0) is 21.0. The van der Waals surface area contributed by atoms with Crippen molar-refractivity contribution >= 4 is 46.5 Å². The molecule has 1 heterocycles. The predicted octanol–water partition coefficient (Wildman–Crippen LogP) is 3.08.